The summed E-state index contributed by atoms with van der Waals surface area (Å²) in [6.07, 6.45) is 0. The minimum atomic E-state index is -3.72. The normalized spacial score (nSPS) is 24.1. The summed E-state index contributed by atoms with van der Waals surface area (Å²) in [5, 5.41) is 0. The summed E-state index contributed by atoms with van der Waals surface area (Å²) < 4.78 is 73.8. The molecule has 1 heterocycles. The van der Waals surface area contributed by atoms with E-state index in [1.165, 1.54) is 0 Å². The van der Waals surface area contributed by atoms with Crippen molar-refractivity contribution in [2.75, 3.05) is 59.5 Å². The van der Waals surface area contributed by atoms with Gasteiger partial charge in [-0.3, -0.25) is 40.9 Å². The molecule has 27 heavy (non-hydrogen) atoms. The Bertz CT molecular complexity index is 660. The molecule has 0 bridgehead atoms. The van der Waals surface area contributed by atoms with Crippen molar-refractivity contribution in [3.8, 4) is 0 Å². The zero-order chi connectivity index (χ0) is 20.7. The molecule has 0 spiro atoms. The molecule has 0 amide bonds. The molecule has 162 valence electrons. The predicted octanol–water partition coefficient (Wildman–Crippen LogP) is -1.77. The van der Waals surface area contributed by atoms with Gasteiger partial charge < -0.3 is 0 Å². The highest BCUT2D eigenvalue weighted by molar-refractivity contribution is 8.27. The van der Waals surface area contributed by atoms with Gasteiger partial charge in [0, 0.05) is 53.2 Å². The van der Waals surface area contributed by atoms with Gasteiger partial charge in [0.05, 0.1) is 39.8 Å². The van der Waals surface area contributed by atoms with Gasteiger partial charge in [-0.25, -0.2) is 0 Å². The fourth-order valence-electron chi connectivity index (χ4n) is 2.22. The smallest absolute Gasteiger partial charge is 0.266 e. The average Bonchev–Trinajstić information content (AvgIpc) is 2.43. The van der Waals surface area contributed by atoms with Crippen LogP contribution in [0.1, 0.15) is 0 Å². The lowest BCUT2D eigenvalue weighted by atomic mass is 10.4. The van der Waals surface area contributed by atoms with Gasteiger partial charge in [0.15, 0.2) is 0 Å². The highest BCUT2D eigenvalue weighted by Crippen LogP contribution is 2.08. The maximum Gasteiger partial charge on any atom is 0.266 e. The molecule has 3 unspecified atom stereocenters. The largest absolute Gasteiger partial charge is 0.285 e. The Balaban J connectivity index is 2.58. The fraction of sp³-hybridized carbons (Fsp3) is 1.00. The first kappa shape index (κ1) is 25.8. The minimum absolute atomic E-state index is 0.0826. The van der Waals surface area contributed by atoms with Gasteiger partial charge in [0.25, 0.3) is 27.2 Å². The van der Waals surface area contributed by atoms with E-state index in [-0.39, 0.29) is 39.5 Å². The number of hydrogen-bond acceptors (Lipinski definition) is 12. The maximum absolute atomic E-state index is 11.0. The molecule has 3 N–H and O–H groups in total. The fourth-order valence-corrected chi connectivity index (χ4v) is 3.69. The van der Waals surface area contributed by atoms with Crippen molar-refractivity contribution in [1.29, 1.82) is 0 Å². The molecule has 3 atom stereocenters. The Morgan fingerprint density at radius 2 is 0.852 bits per heavy atom. The monoisotopic (exact) mass is 507 g/mol. The van der Waals surface area contributed by atoms with Crippen molar-refractivity contribution in [2.45, 2.75) is 0 Å². The Kier molecular flexibility index (Phi) is 10.7. The van der Waals surface area contributed by atoms with Crippen molar-refractivity contribution < 1.29 is 38.8 Å². The zero-order valence-corrected chi connectivity index (χ0v) is 18.8. The van der Waals surface area contributed by atoms with E-state index >= 15 is 0 Å². The second-order valence-corrected chi connectivity index (χ2v) is 12.4. The molecule has 0 aromatic rings. The van der Waals surface area contributed by atoms with Crippen LogP contribution < -0.4 is 0 Å². The summed E-state index contributed by atoms with van der Waals surface area (Å²) in [4.78, 5) is 5.54. The molecule has 0 aromatic carbocycles. The lowest BCUT2D eigenvalue weighted by molar-refractivity contribution is -0.0410. The average molecular weight is 508 g/mol. The highest BCUT2D eigenvalue weighted by Gasteiger charge is 2.23. The van der Waals surface area contributed by atoms with Gasteiger partial charge in [-0.1, -0.05) is 0 Å². The molecule has 1 aliphatic heterocycles. The van der Waals surface area contributed by atoms with E-state index in [0.29, 0.717) is 20.0 Å². The van der Waals surface area contributed by atoms with Crippen molar-refractivity contribution in [3.63, 3.8) is 0 Å². The Labute approximate surface area is 173 Å². The SMILES string of the molecule is O=S(O)(=S)OCCN1CN(CCOS(=O)(O)=S)CN(CCOS(=O)(O)=S)C1. The molecular weight excluding hydrogens is 487 g/mol. The summed E-state index contributed by atoms with van der Waals surface area (Å²) in [5.41, 5.74) is 0. The number of nitrogens with zero attached hydrogens (tertiary/aromatic N) is 3. The molecule has 1 fully saturated rings. The summed E-state index contributed by atoms with van der Waals surface area (Å²) in [5.74, 6) is 0. The molecule has 0 aliphatic carbocycles. The second kappa shape index (κ2) is 11.2. The van der Waals surface area contributed by atoms with Crippen molar-refractivity contribution in [1.82, 2.24) is 14.7 Å². The molecule has 0 radical (unpaired) electrons. The van der Waals surface area contributed by atoms with Crippen molar-refractivity contribution in [2.24, 2.45) is 0 Å². The van der Waals surface area contributed by atoms with Crippen LogP contribution in [0.5, 0.6) is 0 Å². The van der Waals surface area contributed by atoms with Crippen LogP contribution in [0.15, 0.2) is 0 Å². The molecule has 1 rings (SSSR count). The highest BCUT2D eigenvalue weighted by atomic mass is 32.9. The lowest BCUT2D eigenvalue weighted by Crippen LogP contribution is -2.56. The van der Waals surface area contributed by atoms with Gasteiger partial charge >= 0.3 is 0 Å². The van der Waals surface area contributed by atoms with E-state index in [9.17, 15) is 12.6 Å². The van der Waals surface area contributed by atoms with Crippen molar-refractivity contribution >= 4 is 60.7 Å². The van der Waals surface area contributed by atoms with Crippen LogP contribution in [-0.2, 0) is 73.3 Å². The van der Waals surface area contributed by atoms with Gasteiger partial charge in [0.1, 0.15) is 0 Å². The third-order valence-corrected chi connectivity index (χ3v) is 5.38. The van der Waals surface area contributed by atoms with Gasteiger partial charge in [0.2, 0.25) is 0 Å². The Morgan fingerprint density at radius 1 is 0.630 bits per heavy atom. The Morgan fingerprint density at radius 3 is 1.04 bits per heavy atom. The molecule has 0 aromatic heterocycles. The van der Waals surface area contributed by atoms with Crippen LogP contribution >= 0.6 is 0 Å². The van der Waals surface area contributed by atoms with Crippen LogP contribution in [0.2, 0.25) is 0 Å². The van der Waals surface area contributed by atoms with Crippen LogP contribution in [0.3, 0.4) is 0 Å². The van der Waals surface area contributed by atoms with Gasteiger partial charge in [-0.05, 0) is 0 Å². The van der Waals surface area contributed by atoms with Gasteiger partial charge in [-0.15, -0.1) is 0 Å². The molecule has 12 nitrogen and oxygen atoms in total. The molecule has 1 aliphatic rings. The van der Waals surface area contributed by atoms with Gasteiger partial charge in [-0.2, -0.15) is 12.6 Å². The predicted molar refractivity (Wildman–Crippen MR) is 107 cm³/mol. The molecule has 0 saturated carbocycles. The van der Waals surface area contributed by atoms with E-state index in [1.807, 2.05) is 14.7 Å². The number of rotatable bonds is 12. The standard InChI is InChI=1S/C9H21N3O9S6/c13-25(14,22)19-4-1-10-7-11(2-5-20-26(15,16)23)9-12(8-10)3-6-21-27(17,18)24/h1-9H2,(H,13,14,22)(H,15,16,23)(H,17,18,24). The van der Waals surface area contributed by atoms with E-state index in [0.717, 1.165) is 0 Å². The number of hydrogen-bond donors (Lipinski definition) is 3. The van der Waals surface area contributed by atoms with E-state index in [4.69, 9.17) is 13.7 Å². The van der Waals surface area contributed by atoms with Crippen LogP contribution in [0.4, 0.5) is 0 Å². The quantitative estimate of drug-likeness (QED) is 0.273. The van der Waals surface area contributed by atoms with Crippen LogP contribution in [0, 0.1) is 0 Å². The topological polar surface area (TPSA) is 149 Å². The summed E-state index contributed by atoms with van der Waals surface area (Å²) in [6, 6.07) is 0. The third-order valence-electron chi connectivity index (χ3n) is 3.12. The lowest BCUT2D eigenvalue weighted by Gasteiger charge is -2.42. The van der Waals surface area contributed by atoms with E-state index in [2.05, 4.69) is 46.1 Å². The third kappa shape index (κ3) is 14.4. The summed E-state index contributed by atoms with van der Waals surface area (Å²) in [7, 11) is -11.1. The first-order valence-corrected chi connectivity index (χ1v) is 14.4. The molecular formula is C9H21N3O9S6. The summed E-state index contributed by atoms with van der Waals surface area (Å²) >= 11 is 12.7. The second-order valence-electron chi connectivity index (χ2n) is 5.36. The first-order chi connectivity index (χ1) is 12.2. The minimum Gasteiger partial charge on any atom is -0.285 e. The van der Waals surface area contributed by atoms with Crippen LogP contribution in [-0.4, -0.2) is 100 Å². The maximum atomic E-state index is 11.0. The van der Waals surface area contributed by atoms with Crippen molar-refractivity contribution in [3.05, 3.63) is 0 Å². The van der Waals surface area contributed by atoms with Crippen LogP contribution in [0.25, 0.3) is 0 Å². The van der Waals surface area contributed by atoms with E-state index in [1.54, 1.807) is 0 Å². The summed E-state index contributed by atoms with van der Waals surface area (Å²) in [6.45, 7) is 1.82. The molecule has 1 saturated heterocycles. The molecule has 18 heteroatoms. The Hall–Kier alpha value is 0.750. The first-order valence-electron chi connectivity index (χ1n) is 7.26. The zero-order valence-electron chi connectivity index (χ0n) is 13.9. The van der Waals surface area contributed by atoms with E-state index < -0.39 is 27.2 Å².